The van der Waals surface area contributed by atoms with Crippen molar-refractivity contribution in [2.45, 2.75) is 30.7 Å². The molecule has 0 bridgehead atoms. The first-order chi connectivity index (χ1) is 11.9. The summed E-state index contributed by atoms with van der Waals surface area (Å²) in [6.45, 7) is 2.13. The minimum atomic E-state index is -3.89. The number of hydrogen-bond donors (Lipinski definition) is 2. The Kier molecular flexibility index (Phi) is 6.66. The van der Waals surface area contributed by atoms with Crippen molar-refractivity contribution in [3.05, 3.63) is 66.0 Å². The average Bonchev–Trinajstić information content (AvgIpc) is 2.61. The summed E-state index contributed by atoms with van der Waals surface area (Å²) < 4.78 is 39.9. The molecule has 1 unspecified atom stereocenters. The molecule has 134 valence electrons. The summed E-state index contributed by atoms with van der Waals surface area (Å²) >= 11 is 0. The molecule has 2 rings (SSSR count). The highest BCUT2D eigenvalue weighted by Crippen LogP contribution is 2.11. The molecule has 7 heteroatoms. The minimum Gasteiger partial charge on any atom is -0.354 e. The molecule has 1 amide bonds. The van der Waals surface area contributed by atoms with Crippen LogP contribution in [0.1, 0.15) is 18.9 Å². The van der Waals surface area contributed by atoms with Crippen LogP contribution in [0.5, 0.6) is 0 Å². The number of hydrogen-bond acceptors (Lipinski definition) is 3. The van der Waals surface area contributed by atoms with Crippen molar-refractivity contribution in [2.24, 2.45) is 0 Å². The second kappa shape index (κ2) is 8.73. The van der Waals surface area contributed by atoms with Crippen LogP contribution < -0.4 is 10.0 Å². The Morgan fingerprint density at radius 2 is 1.72 bits per heavy atom. The number of carbonyl (C=O) groups is 1. The van der Waals surface area contributed by atoms with Gasteiger partial charge in [0.2, 0.25) is 15.9 Å². The van der Waals surface area contributed by atoms with Crippen molar-refractivity contribution >= 4 is 15.9 Å². The molecule has 25 heavy (non-hydrogen) atoms. The quantitative estimate of drug-likeness (QED) is 0.754. The highest BCUT2D eigenvalue weighted by molar-refractivity contribution is 7.89. The summed E-state index contributed by atoms with van der Waals surface area (Å²) in [5, 5.41) is 2.74. The molecule has 0 saturated carbocycles. The lowest BCUT2D eigenvalue weighted by atomic mass is 10.1. The van der Waals surface area contributed by atoms with Crippen LogP contribution in [0.25, 0.3) is 0 Å². The number of nitrogens with one attached hydrogen (secondary N) is 2. The van der Waals surface area contributed by atoms with Crippen molar-refractivity contribution in [1.82, 2.24) is 10.0 Å². The molecule has 0 heterocycles. The van der Waals surface area contributed by atoms with E-state index in [1.54, 1.807) is 6.92 Å². The maximum Gasteiger partial charge on any atom is 0.241 e. The van der Waals surface area contributed by atoms with Gasteiger partial charge in [-0.1, -0.05) is 37.3 Å². The molecule has 0 aromatic heterocycles. The molecule has 1 atom stereocenters. The molecule has 2 N–H and O–H groups in total. The predicted molar refractivity (Wildman–Crippen MR) is 94.0 cm³/mol. The third-order valence-electron chi connectivity index (χ3n) is 3.70. The molecule has 2 aromatic rings. The van der Waals surface area contributed by atoms with E-state index in [-0.39, 0.29) is 10.8 Å². The van der Waals surface area contributed by atoms with Gasteiger partial charge in [-0.15, -0.1) is 0 Å². The molecule has 0 spiro atoms. The van der Waals surface area contributed by atoms with Gasteiger partial charge in [0.05, 0.1) is 4.90 Å². The number of sulfonamides is 1. The fraction of sp³-hybridized carbons (Fsp3) is 0.278. The maximum atomic E-state index is 12.9. The Bertz CT molecular complexity index is 793. The minimum absolute atomic E-state index is 0.0792. The standard InChI is InChI=1S/C18H21FN2O3S/c1-2-17(18(22)20-13-12-14-6-4-3-5-7-14)21-25(23,24)16-10-8-15(19)9-11-16/h3-11,17,21H,2,12-13H2,1H3,(H,20,22). The lowest BCUT2D eigenvalue weighted by Gasteiger charge is -2.17. The maximum absolute atomic E-state index is 12.9. The van der Waals surface area contributed by atoms with Crippen LogP contribution in [-0.4, -0.2) is 26.9 Å². The molecule has 0 aliphatic carbocycles. The predicted octanol–water partition coefficient (Wildman–Crippen LogP) is 2.24. The highest BCUT2D eigenvalue weighted by atomic mass is 32.2. The normalized spacial score (nSPS) is 12.6. The zero-order valence-electron chi connectivity index (χ0n) is 13.9. The lowest BCUT2D eigenvalue weighted by molar-refractivity contribution is -0.122. The van der Waals surface area contributed by atoms with E-state index in [4.69, 9.17) is 0 Å². The van der Waals surface area contributed by atoms with Gasteiger partial charge in [-0.2, -0.15) is 4.72 Å². The van der Waals surface area contributed by atoms with Crippen molar-refractivity contribution < 1.29 is 17.6 Å². The van der Waals surface area contributed by atoms with E-state index in [0.29, 0.717) is 19.4 Å². The van der Waals surface area contributed by atoms with Crippen LogP contribution in [-0.2, 0) is 21.2 Å². The first kappa shape index (κ1) is 19.1. The van der Waals surface area contributed by atoms with E-state index in [2.05, 4.69) is 10.0 Å². The van der Waals surface area contributed by atoms with E-state index in [1.165, 1.54) is 0 Å². The van der Waals surface area contributed by atoms with Gasteiger partial charge in [0, 0.05) is 6.54 Å². The first-order valence-electron chi connectivity index (χ1n) is 8.02. The zero-order chi connectivity index (χ0) is 18.3. The van der Waals surface area contributed by atoms with Crippen molar-refractivity contribution in [1.29, 1.82) is 0 Å². The first-order valence-corrected chi connectivity index (χ1v) is 9.50. The lowest BCUT2D eigenvalue weighted by Crippen LogP contribution is -2.46. The largest absolute Gasteiger partial charge is 0.354 e. The SMILES string of the molecule is CCC(NS(=O)(=O)c1ccc(F)cc1)C(=O)NCCc1ccccc1. The van der Waals surface area contributed by atoms with E-state index < -0.39 is 21.9 Å². The Labute approximate surface area is 147 Å². The molecule has 0 fully saturated rings. The third kappa shape index (κ3) is 5.65. The highest BCUT2D eigenvalue weighted by Gasteiger charge is 2.24. The second-order valence-corrected chi connectivity index (χ2v) is 7.28. The number of benzene rings is 2. The van der Waals surface area contributed by atoms with Crippen LogP contribution in [0.3, 0.4) is 0 Å². The third-order valence-corrected chi connectivity index (χ3v) is 5.19. The van der Waals surface area contributed by atoms with Crippen LogP contribution >= 0.6 is 0 Å². The average molecular weight is 364 g/mol. The Morgan fingerprint density at radius 1 is 1.08 bits per heavy atom. The fourth-order valence-electron chi connectivity index (χ4n) is 2.29. The Morgan fingerprint density at radius 3 is 2.32 bits per heavy atom. The molecule has 0 aliphatic heterocycles. The van der Waals surface area contributed by atoms with E-state index >= 15 is 0 Å². The van der Waals surface area contributed by atoms with Gasteiger partial charge in [-0.3, -0.25) is 4.79 Å². The number of amides is 1. The summed E-state index contributed by atoms with van der Waals surface area (Å²) in [6.07, 6.45) is 0.964. The van der Waals surface area contributed by atoms with Crippen LogP contribution in [0, 0.1) is 5.82 Å². The van der Waals surface area contributed by atoms with Gasteiger partial charge >= 0.3 is 0 Å². The number of carbonyl (C=O) groups excluding carboxylic acids is 1. The van der Waals surface area contributed by atoms with Crippen molar-refractivity contribution in [3.63, 3.8) is 0 Å². The van der Waals surface area contributed by atoms with Crippen LogP contribution in [0.4, 0.5) is 4.39 Å². The van der Waals surface area contributed by atoms with E-state index in [1.807, 2.05) is 30.3 Å². The van der Waals surface area contributed by atoms with Gasteiger partial charge in [0.1, 0.15) is 11.9 Å². The van der Waals surface area contributed by atoms with Crippen molar-refractivity contribution in [2.75, 3.05) is 6.54 Å². The van der Waals surface area contributed by atoms with E-state index in [9.17, 15) is 17.6 Å². The summed E-state index contributed by atoms with van der Waals surface area (Å²) in [4.78, 5) is 12.2. The number of rotatable bonds is 8. The van der Waals surface area contributed by atoms with Crippen LogP contribution in [0.15, 0.2) is 59.5 Å². The van der Waals surface area contributed by atoms with Gasteiger partial charge in [-0.25, -0.2) is 12.8 Å². The smallest absolute Gasteiger partial charge is 0.241 e. The molecule has 0 radical (unpaired) electrons. The Balaban J connectivity index is 1.94. The van der Waals surface area contributed by atoms with Gasteiger partial charge in [0.25, 0.3) is 0 Å². The summed E-state index contributed by atoms with van der Waals surface area (Å²) in [5.74, 6) is -0.909. The summed E-state index contributed by atoms with van der Waals surface area (Å²) in [6, 6.07) is 13.2. The monoisotopic (exact) mass is 364 g/mol. The summed E-state index contributed by atoms with van der Waals surface area (Å²) in [5.41, 5.74) is 1.09. The van der Waals surface area contributed by atoms with Gasteiger partial charge < -0.3 is 5.32 Å². The molecule has 0 saturated heterocycles. The summed E-state index contributed by atoms with van der Waals surface area (Å²) in [7, 11) is -3.89. The zero-order valence-corrected chi connectivity index (χ0v) is 14.7. The van der Waals surface area contributed by atoms with E-state index in [0.717, 1.165) is 29.8 Å². The number of halogens is 1. The molecular weight excluding hydrogens is 343 g/mol. The van der Waals surface area contributed by atoms with Gasteiger partial charge in [-0.05, 0) is 42.7 Å². The molecule has 0 aliphatic rings. The molecular formula is C18H21FN2O3S. The molecule has 2 aromatic carbocycles. The van der Waals surface area contributed by atoms with Gasteiger partial charge in [0.15, 0.2) is 0 Å². The van der Waals surface area contributed by atoms with Crippen LogP contribution in [0.2, 0.25) is 0 Å². The second-order valence-electron chi connectivity index (χ2n) is 5.56. The Hall–Kier alpha value is -2.25. The fourth-order valence-corrected chi connectivity index (χ4v) is 3.57. The molecule has 5 nitrogen and oxygen atoms in total. The van der Waals surface area contributed by atoms with Crippen molar-refractivity contribution in [3.8, 4) is 0 Å². The topological polar surface area (TPSA) is 75.3 Å².